The summed E-state index contributed by atoms with van der Waals surface area (Å²) in [7, 11) is 0. The fourth-order valence-electron chi connectivity index (χ4n) is 4.20. The highest BCUT2D eigenvalue weighted by Gasteiger charge is 2.33. The highest BCUT2D eigenvalue weighted by Crippen LogP contribution is 2.39. The predicted octanol–water partition coefficient (Wildman–Crippen LogP) is 5.59. The van der Waals surface area contributed by atoms with Crippen LogP contribution in [-0.2, 0) is 4.74 Å². The van der Waals surface area contributed by atoms with Crippen molar-refractivity contribution in [3.63, 3.8) is 0 Å². The minimum Gasteiger partial charge on any atom is -0.433 e. The smallest absolute Gasteiger partial charge is 0.408 e. The zero-order valence-corrected chi connectivity index (χ0v) is 17.2. The van der Waals surface area contributed by atoms with Crippen LogP contribution in [0.15, 0.2) is 60.7 Å². The second-order valence-corrected chi connectivity index (χ2v) is 8.00. The number of carbonyl (C=O) groups excluding carboxylic acids is 2. The lowest BCUT2D eigenvalue weighted by atomic mass is 9.71. The molecular weight excluding hydrogens is 376 g/mol. The SMILES string of the molecule is N#CCCC1(CNC(=O)OC(C(=O)c2ccccc2)c2ccccc2)CCCCC1. The summed E-state index contributed by atoms with van der Waals surface area (Å²) in [6.45, 7) is 0.467. The Morgan fingerprint density at radius 1 is 1.00 bits per heavy atom. The molecule has 5 heteroatoms. The predicted molar refractivity (Wildman–Crippen MR) is 115 cm³/mol. The number of nitrogens with zero attached hydrogens (tertiary/aromatic N) is 1. The second kappa shape index (κ2) is 10.6. The lowest BCUT2D eigenvalue weighted by molar-refractivity contribution is 0.0606. The van der Waals surface area contributed by atoms with Gasteiger partial charge in [-0.15, -0.1) is 0 Å². The van der Waals surface area contributed by atoms with Gasteiger partial charge in [-0.05, 0) is 24.7 Å². The maximum Gasteiger partial charge on any atom is 0.408 e. The van der Waals surface area contributed by atoms with Crippen LogP contribution in [0.5, 0.6) is 0 Å². The van der Waals surface area contributed by atoms with E-state index in [2.05, 4.69) is 11.4 Å². The zero-order chi connectivity index (χ0) is 21.2. The molecule has 1 atom stereocenters. The summed E-state index contributed by atoms with van der Waals surface area (Å²) < 4.78 is 5.63. The van der Waals surface area contributed by atoms with E-state index in [1.807, 2.05) is 24.3 Å². The first-order chi connectivity index (χ1) is 14.6. The van der Waals surface area contributed by atoms with E-state index in [0.29, 0.717) is 24.1 Å². The van der Waals surface area contributed by atoms with Crippen molar-refractivity contribution in [3.8, 4) is 6.07 Å². The lowest BCUT2D eigenvalue weighted by Gasteiger charge is -2.37. The molecule has 0 saturated heterocycles. The first-order valence-corrected chi connectivity index (χ1v) is 10.6. The summed E-state index contributed by atoms with van der Waals surface area (Å²) in [6.07, 6.45) is 5.07. The molecule has 0 spiro atoms. The Bertz CT molecular complexity index is 868. The number of ether oxygens (including phenoxy) is 1. The molecular formula is C25H28N2O3. The van der Waals surface area contributed by atoms with Gasteiger partial charge in [0.25, 0.3) is 0 Å². The van der Waals surface area contributed by atoms with Crippen LogP contribution in [0.4, 0.5) is 4.79 Å². The maximum absolute atomic E-state index is 13.1. The molecule has 1 amide bonds. The molecule has 0 aliphatic heterocycles. The van der Waals surface area contributed by atoms with E-state index in [0.717, 1.165) is 32.1 Å². The van der Waals surface area contributed by atoms with E-state index in [1.165, 1.54) is 6.42 Å². The molecule has 5 nitrogen and oxygen atoms in total. The van der Waals surface area contributed by atoms with Crippen molar-refractivity contribution in [1.82, 2.24) is 5.32 Å². The van der Waals surface area contributed by atoms with Crippen molar-refractivity contribution in [3.05, 3.63) is 71.8 Å². The van der Waals surface area contributed by atoms with Gasteiger partial charge in [-0.25, -0.2) is 4.79 Å². The van der Waals surface area contributed by atoms with Crippen LogP contribution < -0.4 is 5.32 Å². The first-order valence-electron chi connectivity index (χ1n) is 10.6. The van der Waals surface area contributed by atoms with Crippen molar-refractivity contribution in [2.24, 2.45) is 5.41 Å². The Hall–Kier alpha value is -3.13. The van der Waals surface area contributed by atoms with E-state index < -0.39 is 12.2 Å². The first kappa shape index (κ1) is 21.6. The highest BCUT2D eigenvalue weighted by molar-refractivity contribution is 6.00. The van der Waals surface area contributed by atoms with Crippen molar-refractivity contribution >= 4 is 11.9 Å². The summed E-state index contributed by atoms with van der Waals surface area (Å²) in [5.74, 6) is -0.256. The quantitative estimate of drug-likeness (QED) is 0.582. The number of hydrogen-bond acceptors (Lipinski definition) is 4. The molecule has 0 aromatic heterocycles. The normalized spacial score (nSPS) is 16.1. The monoisotopic (exact) mass is 404 g/mol. The van der Waals surface area contributed by atoms with Gasteiger partial charge < -0.3 is 10.1 Å². The number of ketones is 1. The number of nitriles is 1. The number of benzene rings is 2. The standard InChI is InChI=1S/C25H28N2O3/c26-18-10-17-25(15-8-3-9-16-25)19-27-24(29)30-23(21-13-6-2-7-14-21)22(28)20-11-4-1-5-12-20/h1-2,4-7,11-14,23H,3,8-10,15-17,19H2,(H,27,29). The number of hydrogen-bond donors (Lipinski definition) is 1. The Balaban J connectivity index is 1.70. The van der Waals surface area contributed by atoms with Crippen LogP contribution in [0.1, 0.15) is 67.0 Å². The van der Waals surface area contributed by atoms with E-state index >= 15 is 0 Å². The molecule has 2 aromatic rings. The van der Waals surface area contributed by atoms with Gasteiger partial charge in [-0.2, -0.15) is 5.26 Å². The van der Waals surface area contributed by atoms with Gasteiger partial charge in [-0.3, -0.25) is 4.79 Å². The molecule has 1 N–H and O–H groups in total. The number of Topliss-reactive ketones (excluding diaryl/α,β-unsaturated/α-hetero) is 1. The van der Waals surface area contributed by atoms with E-state index in [4.69, 9.17) is 10.00 Å². The Labute approximate surface area is 178 Å². The zero-order valence-electron chi connectivity index (χ0n) is 17.2. The van der Waals surface area contributed by atoms with Crippen LogP contribution >= 0.6 is 0 Å². The van der Waals surface area contributed by atoms with E-state index in [-0.39, 0.29) is 11.2 Å². The molecule has 0 heterocycles. The molecule has 3 rings (SSSR count). The topological polar surface area (TPSA) is 79.2 Å². The highest BCUT2D eigenvalue weighted by atomic mass is 16.6. The third-order valence-electron chi connectivity index (χ3n) is 5.91. The fraction of sp³-hybridized carbons (Fsp3) is 0.400. The Morgan fingerprint density at radius 2 is 1.63 bits per heavy atom. The molecule has 30 heavy (non-hydrogen) atoms. The number of amides is 1. The van der Waals surface area contributed by atoms with Crippen LogP contribution in [-0.4, -0.2) is 18.4 Å². The van der Waals surface area contributed by atoms with Crippen molar-refractivity contribution in [1.29, 1.82) is 5.26 Å². The summed E-state index contributed by atoms with van der Waals surface area (Å²) in [6, 6.07) is 20.2. The summed E-state index contributed by atoms with van der Waals surface area (Å²) >= 11 is 0. The van der Waals surface area contributed by atoms with Crippen LogP contribution in [0, 0.1) is 16.7 Å². The van der Waals surface area contributed by atoms with Gasteiger partial charge in [0.1, 0.15) is 0 Å². The molecule has 2 aromatic carbocycles. The molecule has 0 radical (unpaired) electrons. The second-order valence-electron chi connectivity index (χ2n) is 8.00. The van der Waals surface area contributed by atoms with Gasteiger partial charge in [0, 0.05) is 24.1 Å². The number of rotatable bonds is 8. The molecule has 156 valence electrons. The largest absolute Gasteiger partial charge is 0.433 e. The maximum atomic E-state index is 13.1. The number of carbonyl (C=O) groups is 2. The van der Waals surface area contributed by atoms with Gasteiger partial charge >= 0.3 is 6.09 Å². The summed E-state index contributed by atoms with van der Waals surface area (Å²) in [5, 5.41) is 11.9. The molecule has 1 aliphatic carbocycles. The van der Waals surface area contributed by atoms with Crippen LogP contribution in [0.25, 0.3) is 0 Å². The summed E-state index contributed by atoms with van der Waals surface area (Å²) in [5.41, 5.74) is 1.08. The van der Waals surface area contributed by atoms with Gasteiger partial charge in [0.2, 0.25) is 5.78 Å². The van der Waals surface area contributed by atoms with Gasteiger partial charge in [-0.1, -0.05) is 79.9 Å². The van der Waals surface area contributed by atoms with E-state index in [1.54, 1.807) is 36.4 Å². The number of alkyl carbamates (subject to hydrolysis) is 1. The van der Waals surface area contributed by atoms with E-state index in [9.17, 15) is 9.59 Å². The van der Waals surface area contributed by atoms with Crippen LogP contribution in [0.3, 0.4) is 0 Å². The Morgan fingerprint density at radius 3 is 2.27 bits per heavy atom. The molecule has 0 bridgehead atoms. The third-order valence-corrected chi connectivity index (χ3v) is 5.91. The third kappa shape index (κ3) is 5.70. The average Bonchev–Trinajstić information content (AvgIpc) is 2.81. The van der Waals surface area contributed by atoms with Gasteiger partial charge in [0.15, 0.2) is 6.10 Å². The average molecular weight is 405 g/mol. The summed E-state index contributed by atoms with van der Waals surface area (Å²) in [4.78, 5) is 25.7. The molecule has 1 fully saturated rings. The molecule has 1 unspecified atom stereocenters. The van der Waals surface area contributed by atoms with Gasteiger partial charge in [0.05, 0.1) is 6.07 Å². The lowest BCUT2D eigenvalue weighted by Crippen LogP contribution is -2.40. The molecule has 1 saturated carbocycles. The number of nitrogens with one attached hydrogen (secondary N) is 1. The van der Waals surface area contributed by atoms with Crippen molar-refractivity contribution < 1.29 is 14.3 Å². The fourth-order valence-corrected chi connectivity index (χ4v) is 4.20. The van der Waals surface area contributed by atoms with Crippen molar-refractivity contribution in [2.75, 3.05) is 6.54 Å². The van der Waals surface area contributed by atoms with Crippen LogP contribution in [0.2, 0.25) is 0 Å². The minimum atomic E-state index is -1.00. The minimum absolute atomic E-state index is 0.0569. The molecule has 1 aliphatic rings. The van der Waals surface area contributed by atoms with Crippen molar-refractivity contribution in [2.45, 2.75) is 51.0 Å². The Kier molecular flexibility index (Phi) is 7.62.